The molecule has 2 aliphatic rings. The molecule has 0 spiro atoms. The number of carboxylic acid groups (broad SMARTS) is 1. The summed E-state index contributed by atoms with van der Waals surface area (Å²) < 4.78 is 0. The van der Waals surface area contributed by atoms with Gasteiger partial charge in [0.2, 0.25) is 0 Å². The van der Waals surface area contributed by atoms with Crippen LogP contribution in [0.4, 0.5) is 4.79 Å². The molecule has 0 saturated carbocycles. The van der Waals surface area contributed by atoms with Crippen LogP contribution >= 0.6 is 11.8 Å². The van der Waals surface area contributed by atoms with E-state index >= 15 is 0 Å². The van der Waals surface area contributed by atoms with Crippen molar-refractivity contribution >= 4 is 23.8 Å². The maximum atomic E-state index is 12.5. The molecule has 2 amide bonds. The van der Waals surface area contributed by atoms with Crippen LogP contribution in [0.3, 0.4) is 0 Å². The predicted molar refractivity (Wildman–Crippen MR) is 74.5 cm³/mol. The summed E-state index contributed by atoms with van der Waals surface area (Å²) in [5.41, 5.74) is 0. The minimum atomic E-state index is -0.896. The van der Waals surface area contributed by atoms with Crippen molar-refractivity contribution in [1.29, 1.82) is 0 Å². The van der Waals surface area contributed by atoms with Gasteiger partial charge in [0.15, 0.2) is 0 Å². The van der Waals surface area contributed by atoms with Crippen molar-refractivity contribution in [3.63, 3.8) is 0 Å². The molecule has 0 aromatic rings. The van der Waals surface area contributed by atoms with Crippen molar-refractivity contribution in [2.75, 3.05) is 51.3 Å². The molecule has 0 bridgehead atoms. The summed E-state index contributed by atoms with van der Waals surface area (Å²) in [7, 11) is 2.05. The molecule has 2 fully saturated rings. The van der Waals surface area contributed by atoms with Gasteiger partial charge in [-0.1, -0.05) is 0 Å². The number of urea groups is 1. The van der Waals surface area contributed by atoms with E-state index in [0.717, 1.165) is 31.8 Å². The number of carbonyl (C=O) groups is 2. The van der Waals surface area contributed by atoms with Gasteiger partial charge < -0.3 is 19.8 Å². The zero-order chi connectivity index (χ0) is 13.8. The zero-order valence-corrected chi connectivity index (χ0v) is 12.1. The maximum absolute atomic E-state index is 12.5. The Morgan fingerprint density at radius 1 is 1.16 bits per heavy atom. The Bertz CT molecular complexity index is 353. The van der Waals surface area contributed by atoms with E-state index in [0.29, 0.717) is 18.8 Å². The molecule has 108 valence electrons. The minimum absolute atomic E-state index is 0.108. The number of carboxylic acids is 1. The van der Waals surface area contributed by atoms with Crippen molar-refractivity contribution in [3.8, 4) is 0 Å². The molecule has 2 heterocycles. The second-order valence-corrected chi connectivity index (χ2v) is 6.20. The molecule has 7 heteroatoms. The summed E-state index contributed by atoms with van der Waals surface area (Å²) in [5.74, 6) is 0.422. The van der Waals surface area contributed by atoms with Crippen LogP contribution in [0.25, 0.3) is 0 Å². The standard InChI is InChI=1S/C12H21N3O3S/c1-13-3-2-4-14(6-5-13)12(18)15-7-8-19-9-10(15)11(16)17/h10H,2-9H2,1H3,(H,16,17). The first kappa shape index (κ1) is 14.5. The van der Waals surface area contributed by atoms with Crippen LogP contribution < -0.4 is 0 Å². The number of rotatable bonds is 1. The normalized spacial score (nSPS) is 26.1. The Morgan fingerprint density at radius 3 is 2.68 bits per heavy atom. The molecule has 1 N–H and O–H groups in total. The molecule has 2 aliphatic heterocycles. The van der Waals surface area contributed by atoms with Crippen molar-refractivity contribution in [3.05, 3.63) is 0 Å². The third kappa shape index (κ3) is 3.54. The fourth-order valence-electron chi connectivity index (χ4n) is 2.46. The molecule has 6 nitrogen and oxygen atoms in total. The molecule has 0 aromatic heterocycles. The van der Waals surface area contributed by atoms with E-state index in [2.05, 4.69) is 4.90 Å². The number of aliphatic carboxylic acids is 1. The summed E-state index contributed by atoms with van der Waals surface area (Å²) in [6, 6.07) is -0.782. The number of nitrogens with zero attached hydrogens (tertiary/aromatic N) is 3. The SMILES string of the molecule is CN1CCCN(C(=O)N2CCSCC2C(=O)O)CC1. The van der Waals surface area contributed by atoms with Crippen LogP contribution in [-0.4, -0.2) is 89.1 Å². The number of thioether (sulfide) groups is 1. The number of likely N-dealkylation sites (N-methyl/N-ethyl adjacent to an activating group) is 1. The van der Waals surface area contributed by atoms with Crippen LogP contribution in [0.2, 0.25) is 0 Å². The molecular formula is C12H21N3O3S. The van der Waals surface area contributed by atoms with Crippen molar-refractivity contribution < 1.29 is 14.7 Å². The maximum Gasteiger partial charge on any atom is 0.327 e. The molecule has 0 aliphatic carbocycles. The highest BCUT2D eigenvalue weighted by Gasteiger charge is 2.34. The fraction of sp³-hybridized carbons (Fsp3) is 0.833. The van der Waals surface area contributed by atoms with Gasteiger partial charge in [-0.05, 0) is 20.0 Å². The highest BCUT2D eigenvalue weighted by Crippen LogP contribution is 2.19. The molecular weight excluding hydrogens is 266 g/mol. The average molecular weight is 287 g/mol. The van der Waals surface area contributed by atoms with Gasteiger partial charge in [-0.3, -0.25) is 0 Å². The monoisotopic (exact) mass is 287 g/mol. The molecule has 2 rings (SSSR count). The zero-order valence-electron chi connectivity index (χ0n) is 11.2. The summed E-state index contributed by atoms with van der Waals surface area (Å²) >= 11 is 1.60. The first-order chi connectivity index (χ1) is 9.09. The first-order valence-corrected chi connectivity index (χ1v) is 7.79. The minimum Gasteiger partial charge on any atom is -0.480 e. The van der Waals surface area contributed by atoms with Crippen LogP contribution in [0, 0.1) is 0 Å². The second kappa shape index (κ2) is 6.47. The lowest BCUT2D eigenvalue weighted by Crippen LogP contribution is -2.55. The van der Waals surface area contributed by atoms with Gasteiger partial charge in [0.05, 0.1) is 0 Å². The van der Waals surface area contributed by atoms with E-state index in [1.165, 1.54) is 4.90 Å². The Kier molecular flexibility index (Phi) is 4.93. The lowest BCUT2D eigenvalue weighted by atomic mass is 10.3. The van der Waals surface area contributed by atoms with Crippen LogP contribution in [0.5, 0.6) is 0 Å². The van der Waals surface area contributed by atoms with E-state index in [-0.39, 0.29) is 6.03 Å². The van der Waals surface area contributed by atoms with Gasteiger partial charge in [-0.15, -0.1) is 0 Å². The summed E-state index contributed by atoms with van der Waals surface area (Å²) in [5, 5.41) is 9.22. The fourth-order valence-corrected chi connectivity index (χ4v) is 3.49. The molecule has 1 atom stereocenters. The van der Waals surface area contributed by atoms with Crippen LogP contribution in [-0.2, 0) is 4.79 Å². The van der Waals surface area contributed by atoms with Crippen LogP contribution in [0.15, 0.2) is 0 Å². The Hall–Kier alpha value is -0.950. The lowest BCUT2D eigenvalue weighted by Gasteiger charge is -2.36. The molecule has 0 aromatic carbocycles. The van der Waals surface area contributed by atoms with Gasteiger partial charge in [-0.2, -0.15) is 11.8 Å². The van der Waals surface area contributed by atoms with Gasteiger partial charge >= 0.3 is 12.0 Å². The topological polar surface area (TPSA) is 64.1 Å². The van der Waals surface area contributed by atoms with Gasteiger partial charge in [0.1, 0.15) is 6.04 Å². The van der Waals surface area contributed by atoms with Crippen molar-refractivity contribution in [2.24, 2.45) is 0 Å². The quantitative estimate of drug-likeness (QED) is 0.749. The number of hydrogen-bond donors (Lipinski definition) is 1. The predicted octanol–water partition coefficient (Wildman–Crippen LogP) is 0.246. The summed E-state index contributed by atoms with van der Waals surface area (Å²) in [4.78, 5) is 29.3. The number of hydrogen-bond acceptors (Lipinski definition) is 4. The molecule has 19 heavy (non-hydrogen) atoms. The van der Waals surface area contributed by atoms with Crippen molar-refractivity contribution in [2.45, 2.75) is 12.5 Å². The number of amides is 2. The van der Waals surface area contributed by atoms with Gasteiger partial charge in [-0.25, -0.2) is 9.59 Å². The van der Waals surface area contributed by atoms with E-state index in [9.17, 15) is 14.7 Å². The molecule has 0 radical (unpaired) electrons. The van der Waals surface area contributed by atoms with E-state index in [1.807, 2.05) is 7.05 Å². The third-order valence-corrected chi connectivity index (χ3v) is 4.67. The van der Waals surface area contributed by atoms with Gasteiger partial charge in [0, 0.05) is 37.7 Å². The van der Waals surface area contributed by atoms with E-state index in [4.69, 9.17) is 0 Å². The highest BCUT2D eigenvalue weighted by molar-refractivity contribution is 7.99. The first-order valence-electron chi connectivity index (χ1n) is 6.64. The molecule has 2 saturated heterocycles. The van der Waals surface area contributed by atoms with E-state index < -0.39 is 12.0 Å². The summed E-state index contributed by atoms with van der Waals surface area (Å²) in [6.07, 6.45) is 0.947. The van der Waals surface area contributed by atoms with Gasteiger partial charge in [0.25, 0.3) is 0 Å². The molecule has 1 unspecified atom stereocenters. The number of carbonyl (C=O) groups excluding carboxylic acids is 1. The van der Waals surface area contributed by atoms with Crippen molar-refractivity contribution in [1.82, 2.24) is 14.7 Å². The average Bonchev–Trinajstić information content (AvgIpc) is 2.62. The Balaban J connectivity index is 2.02. The smallest absolute Gasteiger partial charge is 0.327 e. The Morgan fingerprint density at radius 2 is 1.95 bits per heavy atom. The van der Waals surface area contributed by atoms with Crippen LogP contribution in [0.1, 0.15) is 6.42 Å². The third-order valence-electron chi connectivity index (χ3n) is 3.65. The Labute approximate surface area is 117 Å². The highest BCUT2D eigenvalue weighted by atomic mass is 32.2. The second-order valence-electron chi connectivity index (χ2n) is 5.05. The summed E-state index contributed by atoms with van der Waals surface area (Å²) in [6.45, 7) is 3.78. The lowest BCUT2D eigenvalue weighted by molar-refractivity contribution is -0.141. The largest absolute Gasteiger partial charge is 0.480 e. The van der Waals surface area contributed by atoms with E-state index in [1.54, 1.807) is 16.7 Å².